The molecule has 0 amide bonds. The summed E-state index contributed by atoms with van der Waals surface area (Å²) in [5, 5.41) is 0. The Balaban J connectivity index is 1.90. The van der Waals surface area contributed by atoms with Gasteiger partial charge in [-0.25, -0.2) is 0 Å². The van der Waals surface area contributed by atoms with Gasteiger partial charge in [-0.3, -0.25) is 0 Å². The van der Waals surface area contributed by atoms with Crippen molar-refractivity contribution in [3.63, 3.8) is 0 Å². The number of hydrogen-bond donors (Lipinski definition) is 0. The van der Waals surface area contributed by atoms with Gasteiger partial charge in [0, 0.05) is 16.0 Å². The quantitative estimate of drug-likeness (QED) is 0.749. The number of benzene rings is 2. The Kier molecular flexibility index (Phi) is 4.69. The summed E-state index contributed by atoms with van der Waals surface area (Å²) in [5.41, 5.74) is 4.11. The van der Waals surface area contributed by atoms with Gasteiger partial charge in [0.1, 0.15) is 0 Å². The van der Waals surface area contributed by atoms with Crippen molar-refractivity contribution in [2.45, 2.75) is 18.4 Å². The SMILES string of the molecule is Cc1cccc(CSCc2ccccc2Br)c1. The first-order valence-electron chi connectivity index (χ1n) is 5.62. The third-order valence-corrected chi connectivity index (χ3v) is 4.39. The van der Waals surface area contributed by atoms with Gasteiger partial charge < -0.3 is 0 Å². The molecule has 2 aromatic rings. The second kappa shape index (κ2) is 6.27. The third-order valence-electron chi connectivity index (χ3n) is 2.57. The normalized spacial score (nSPS) is 10.5. The van der Waals surface area contributed by atoms with Crippen molar-refractivity contribution >= 4 is 27.7 Å². The summed E-state index contributed by atoms with van der Waals surface area (Å²) in [6, 6.07) is 17.1. The summed E-state index contributed by atoms with van der Waals surface area (Å²) < 4.78 is 1.21. The number of hydrogen-bond acceptors (Lipinski definition) is 1. The molecule has 0 aliphatic heterocycles. The molecule has 0 nitrogen and oxygen atoms in total. The smallest absolute Gasteiger partial charge is 0.0215 e. The molecule has 2 aromatic carbocycles. The van der Waals surface area contributed by atoms with E-state index in [0.717, 1.165) is 11.5 Å². The van der Waals surface area contributed by atoms with Crippen molar-refractivity contribution in [2.75, 3.05) is 0 Å². The maximum absolute atomic E-state index is 3.58. The van der Waals surface area contributed by atoms with Crippen molar-refractivity contribution in [3.05, 3.63) is 69.7 Å². The average molecular weight is 307 g/mol. The maximum Gasteiger partial charge on any atom is 0.0215 e. The fourth-order valence-corrected chi connectivity index (χ4v) is 3.30. The first kappa shape index (κ1) is 12.7. The van der Waals surface area contributed by atoms with Gasteiger partial charge in [0.2, 0.25) is 0 Å². The van der Waals surface area contributed by atoms with Crippen molar-refractivity contribution in [1.82, 2.24) is 0 Å². The van der Waals surface area contributed by atoms with Gasteiger partial charge in [-0.05, 0) is 24.1 Å². The van der Waals surface area contributed by atoms with Crippen LogP contribution < -0.4 is 0 Å². The lowest BCUT2D eigenvalue weighted by molar-refractivity contribution is 1.33. The highest BCUT2D eigenvalue weighted by atomic mass is 79.9. The third kappa shape index (κ3) is 3.90. The van der Waals surface area contributed by atoms with E-state index in [0.29, 0.717) is 0 Å². The van der Waals surface area contributed by atoms with Crippen LogP contribution in [0.25, 0.3) is 0 Å². The average Bonchev–Trinajstić information content (AvgIpc) is 2.32. The number of halogens is 1. The molecule has 0 bridgehead atoms. The van der Waals surface area contributed by atoms with Crippen molar-refractivity contribution in [2.24, 2.45) is 0 Å². The van der Waals surface area contributed by atoms with Crippen LogP contribution in [0.5, 0.6) is 0 Å². The lowest BCUT2D eigenvalue weighted by Gasteiger charge is -2.05. The number of rotatable bonds is 4. The molecule has 0 heterocycles. The molecule has 0 aliphatic carbocycles. The van der Waals surface area contributed by atoms with Gasteiger partial charge >= 0.3 is 0 Å². The monoisotopic (exact) mass is 306 g/mol. The van der Waals surface area contributed by atoms with Gasteiger partial charge in [0.15, 0.2) is 0 Å². The number of thioether (sulfide) groups is 1. The molecule has 0 unspecified atom stereocenters. The molecule has 0 N–H and O–H groups in total. The van der Waals surface area contributed by atoms with E-state index in [4.69, 9.17) is 0 Å². The second-order valence-electron chi connectivity index (χ2n) is 4.07. The Bertz CT molecular complexity index is 494. The molecule has 2 rings (SSSR count). The standard InChI is InChI=1S/C15H15BrS/c1-12-5-4-6-13(9-12)10-17-11-14-7-2-3-8-15(14)16/h2-9H,10-11H2,1H3. The Labute approximate surface area is 116 Å². The van der Waals surface area contributed by atoms with E-state index in [1.807, 2.05) is 11.8 Å². The largest absolute Gasteiger partial charge is 0.152 e. The molecular formula is C15H15BrS. The van der Waals surface area contributed by atoms with Crippen LogP contribution in [0.3, 0.4) is 0 Å². The molecule has 0 saturated heterocycles. The van der Waals surface area contributed by atoms with Crippen LogP contribution in [0.1, 0.15) is 16.7 Å². The van der Waals surface area contributed by atoms with E-state index >= 15 is 0 Å². The fourth-order valence-electron chi connectivity index (χ4n) is 1.70. The molecule has 0 saturated carbocycles. The molecule has 0 aliphatic rings. The highest BCUT2D eigenvalue weighted by Crippen LogP contribution is 2.23. The lowest BCUT2D eigenvalue weighted by Crippen LogP contribution is -1.85. The second-order valence-corrected chi connectivity index (χ2v) is 5.91. The lowest BCUT2D eigenvalue weighted by atomic mass is 10.2. The van der Waals surface area contributed by atoms with Crippen LogP contribution in [0.4, 0.5) is 0 Å². The fraction of sp³-hybridized carbons (Fsp3) is 0.200. The van der Waals surface area contributed by atoms with E-state index in [-0.39, 0.29) is 0 Å². The first-order chi connectivity index (χ1) is 8.25. The minimum absolute atomic E-state index is 1.05. The highest BCUT2D eigenvalue weighted by molar-refractivity contribution is 9.10. The van der Waals surface area contributed by atoms with Gasteiger partial charge in [0.25, 0.3) is 0 Å². The summed E-state index contributed by atoms with van der Waals surface area (Å²) >= 11 is 5.53. The van der Waals surface area contributed by atoms with E-state index in [9.17, 15) is 0 Å². The van der Waals surface area contributed by atoms with E-state index in [2.05, 4.69) is 71.4 Å². The maximum atomic E-state index is 3.58. The summed E-state index contributed by atoms with van der Waals surface area (Å²) in [7, 11) is 0. The zero-order chi connectivity index (χ0) is 12.1. The zero-order valence-corrected chi connectivity index (χ0v) is 12.2. The van der Waals surface area contributed by atoms with E-state index in [1.165, 1.54) is 21.2 Å². The Morgan fingerprint density at radius 1 is 1.00 bits per heavy atom. The molecule has 0 spiro atoms. The van der Waals surface area contributed by atoms with Crippen LogP contribution in [0, 0.1) is 6.92 Å². The number of aryl methyl sites for hydroxylation is 1. The molecule has 0 radical (unpaired) electrons. The summed E-state index contributed by atoms with van der Waals surface area (Å²) in [5.74, 6) is 2.12. The minimum atomic E-state index is 1.05. The van der Waals surface area contributed by atoms with Gasteiger partial charge in [-0.15, -0.1) is 0 Å². The minimum Gasteiger partial charge on any atom is -0.152 e. The van der Waals surface area contributed by atoms with Crippen LogP contribution in [-0.2, 0) is 11.5 Å². The Hall–Kier alpha value is -0.730. The van der Waals surface area contributed by atoms with E-state index < -0.39 is 0 Å². The summed E-state index contributed by atoms with van der Waals surface area (Å²) in [6.07, 6.45) is 0. The van der Waals surface area contributed by atoms with Crippen molar-refractivity contribution < 1.29 is 0 Å². The van der Waals surface area contributed by atoms with Crippen LogP contribution in [-0.4, -0.2) is 0 Å². The Morgan fingerprint density at radius 2 is 1.82 bits per heavy atom. The van der Waals surface area contributed by atoms with E-state index in [1.54, 1.807) is 0 Å². The molecular weight excluding hydrogens is 292 g/mol. The topological polar surface area (TPSA) is 0 Å². The predicted molar refractivity (Wildman–Crippen MR) is 80.3 cm³/mol. The molecule has 0 atom stereocenters. The van der Waals surface area contributed by atoms with Crippen LogP contribution >= 0.6 is 27.7 Å². The first-order valence-corrected chi connectivity index (χ1v) is 7.57. The van der Waals surface area contributed by atoms with Gasteiger partial charge in [0.05, 0.1) is 0 Å². The van der Waals surface area contributed by atoms with Crippen molar-refractivity contribution in [1.29, 1.82) is 0 Å². The van der Waals surface area contributed by atoms with Crippen LogP contribution in [0.2, 0.25) is 0 Å². The molecule has 88 valence electrons. The molecule has 2 heteroatoms. The highest BCUT2D eigenvalue weighted by Gasteiger charge is 1.99. The van der Waals surface area contributed by atoms with Gasteiger partial charge in [-0.1, -0.05) is 64.0 Å². The zero-order valence-electron chi connectivity index (χ0n) is 9.82. The van der Waals surface area contributed by atoms with Crippen molar-refractivity contribution in [3.8, 4) is 0 Å². The molecule has 17 heavy (non-hydrogen) atoms. The summed E-state index contributed by atoms with van der Waals surface area (Å²) in [4.78, 5) is 0. The Morgan fingerprint density at radius 3 is 2.59 bits per heavy atom. The summed E-state index contributed by atoms with van der Waals surface area (Å²) in [6.45, 7) is 2.14. The predicted octanol–water partition coefficient (Wildman–Crippen LogP) is 5.19. The molecule has 0 aromatic heterocycles. The van der Waals surface area contributed by atoms with Crippen LogP contribution in [0.15, 0.2) is 53.0 Å². The molecule has 0 fully saturated rings. The van der Waals surface area contributed by atoms with Gasteiger partial charge in [-0.2, -0.15) is 11.8 Å².